The highest BCUT2D eigenvalue weighted by molar-refractivity contribution is 6.30. The van der Waals surface area contributed by atoms with Crippen LogP contribution in [0.5, 0.6) is 0 Å². The SMILES string of the molecule is CN(Cc1ccc(F)cc1)C(=O)CN(Cc1ccc(Cl)cc1)C1CC1. The molecule has 0 heterocycles. The summed E-state index contributed by atoms with van der Waals surface area (Å²) >= 11 is 5.94. The minimum atomic E-state index is -0.263. The van der Waals surface area contributed by atoms with E-state index >= 15 is 0 Å². The third-order valence-electron chi connectivity index (χ3n) is 4.46. The van der Waals surface area contributed by atoms with Crippen LogP contribution in [-0.2, 0) is 17.9 Å². The number of benzene rings is 2. The zero-order valence-corrected chi connectivity index (χ0v) is 15.0. The molecule has 3 rings (SSSR count). The van der Waals surface area contributed by atoms with Gasteiger partial charge in [-0.1, -0.05) is 35.9 Å². The number of amides is 1. The van der Waals surface area contributed by atoms with E-state index in [2.05, 4.69) is 4.90 Å². The van der Waals surface area contributed by atoms with Crippen molar-refractivity contribution in [3.05, 3.63) is 70.5 Å². The Bertz CT molecular complexity index is 713. The Labute approximate surface area is 153 Å². The molecule has 0 aromatic heterocycles. The van der Waals surface area contributed by atoms with E-state index in [1.54, 1.807) is 24.1 Å². The molecular weight excluding hydrogens is 339 g/mol. The molecule has 0 aliphatic heterocycles. The van der Waals surface area contributed by atoms with Gasteiger partial charge in [-0.05, 0) is 48.2 Å². The van der Waals surface area contributed by atoms with Crippen LogP contribution in [0, 0.1) is 5.82 Å². The van der Waals surface area contributed by atoms with Crippen molar-refractivity contribution in [2.45, 2.75) is 32.0 Å². The van der Waals surface area contributed by atoms with Crippen molar-refractivity contribution in [2.24, 2.45) is 0 Å². The lowest BCUT2D eigenvalue weighted by Gasteiger charge is -2.25. The van der Waals surface area contributed by atoms with Crippen molar-refractivity contribution in [3.8, 4) is 0 Å². The minimum absolute atomic E-state index is 0.0742. The number of rotatable bonds is 7. The van der Waals surface area contributed by atoms with Crippen LogP contribution in [0.3, 0.4) is 0 Å². The molecule has 1 aliphatic rings. The summed E-state index contributed by atoms with van der Waals surface area (Å²) in [6, 6.07) is 14.5. The van der Waals surface area contributed by atoms with Crippen molar-refractivity contribution in [1.82, 2.24) is 9.80 Å². The van der Waals surface area contributed by atoms with Gasteiger partial charge < -0.3 is 4.90 Å². The molecule has 1 amide bonds. The topological polar surface area (TPSA) is 23.6 Å². The summed E-state index contributed by atoms with van der Waals surface area (Å²) in [5.41, 5.74) is 2.08. The van der Waals surface area contributed by atoms with Crippen LogP contribution in [0.25, 0.3) is 0 Å². The first-order chi connectivity index (χ1) is 12.0. The Balaban J connectivity index is 1.58. The highest BCUT2D eigenvalue weighted by Crippen LogP contribution is 2.28. The predicted octanol–water partition coefficient (Wildman–Crippen LogP) is 4.10. The van der Waals surface area contributed by atoms with Gasteiger partial charge in [0.1, 0.15) is 5.82 Å². The van der Waals surface area contributed by atoms with Crippen molar-refractivity contribution in [2.75, 3.05) is 13.6 Å². The summed E-state index contributed by atoms with van der Waals surface area (Å²) in [5, 5.41) is 0.719. The van der Waals surface area contributed by atoms with E-state index in [-0.39, 0.29) is 11.7 Å². The maximum absolute atomic E-state index is 13.0. The smallest absolute Gasteiger partial charge is 0.236 e. The molecule has 5 heteroatoms. The third kappa shape index (κ3) is 5.28. The number of likely N-dealkylation sites (N-methyl/N-ethyl adjacent to an activating group) is 1. The van der Waals surface area contributed by atoms with Gasteiger partial charge >= 0.3 is 0 Å². The molecule has 0 radical (unpaired) electrons. The molecule has 2 aromatic rings. The summed E-state index contributed by atoms with van der Waals surface area (Å²) in [5.74, 6) is -0.189. The molecule has 0 N–H and O–H groups in total. The normalized spacial score (nSPS) is 13.9. The van der Waals surface area contributed by atoms with Gasteiger partial charge in [-0.15, -0.1) is 0 Å². The van der Waals surface area contributed by atoms with E-state index in [0.29, 0.717) is 19.1 Å². The number of carbonyl (C=O) groups excluding carboxylic acids is 1. The van der Waals surface area contributed by atoms with Crippen LogP contribution in [0.1, 0.15) is 24.0 Å². The van der Waals surface area contributed by atoms with E-state index < -0.39 is 0 Å². The molecule has 0 atom stereocenters. The molecule has 1 fully saturated rings. The lowest BCUT2D eigenvalue weighted by molar-refractivity contribution is -0.132. The van der Waals surface area contributed by atoms with Crippen LogP contribution >= 0.6 is 11.6 Å². The van der Waals surface area contributed by atoms with Crippen molar-refractivity contribution < 1.29 is 9.18 Å². The molecule has 2 aromatic carbocycles. The summed E-state index contributed by atoms with van der Waals surface area (Å²) in [4.78, 5) is 16.5. The van der Waals surface area contributed by atoms with Crippen LogP contribution in [0.15, 0.2) is 48.5 Å². The average Bonchev–Trinajstić information content (AvgIpc) is 3.43. The maximum Gasteiger partial charge on any atom is 0.236 e. The molecule has 1 saturated carbocycles. The van der Waals surface area contributed by atoms with Crippen molar-refractivity contribution in [1.29, 1.82) is 0 Å². The van der Waals surface area contributed by atoms with E-state index in [4.69, 9.17) is 11.6 Å². The van der Waals surface area contributed by atoms with Gasteiger partial charge in [0.05, 0.1) is 6.54 Å². The fraction of sp³-hybridized carbons (Fsp3) is 0.350. The molecule has 25 heavy (non-hydrogen) atoms. The lowest BCUT2D eigenvalue weighted by Crippen LogP contribution is -2.38. The van der Waals surface area contributed by atoms with Gasteiger partial charge in [0, 0.05) is 31.2 Å². The Morgan fingerprint density at radius 1 is 1.04 bits per heavy atom. The summed E-state index contributed by atoms with van der Waals surface area (Å²) in [7, 11) is 1.79. The number of nitrogens with zero attached hydrogens (tertiary/aromatic N) is 2. The van der Waals surface area contributed by atoms with Gasteiger partial charge in [0.2, 0.25) is 5.91 Å². The zero-order chi connectivity index (χ0) is 17.8. The molecule has 132 valence electrons. The lowest BCUT2D eigenvalue weighted by atomic mass is 10.2. The van der Waals surface area contributed by atoms with Gasteiger partial charge in [-0.2, -0.15) is 0 Å². The van der Waals surface area contributed by atoms with Crippen LogP contribution in [0.2, 0.25) is 5.02 Å². The summed E-state index contributed by atoms with van der Waals surface area (Å²) < 4.78 is 13.0. The van der Waals surface area contributed by atoms with Gasteiger partial charge in [-0.3, -0.25) is 9.69 Å². The molecule has 0 bridgehead atoms. The highest BCUT2D eigenvalue weighted by atomic mass is 35.5. The van der Waals surface area contributed by atoms with Crippen LogP contribution < -0.4 is 0 Å². The quantitative estimate of drug-likeness (QED) is 0.742. The summed E-state index contributed by atoms with van der Waals surface area (Å²) in [6.45, 7) is 1.63. The Morgan fingerprint density at radius 3 is 2.20 bits per heavy atom. The average molecular weight is 361 g/mol. The minimum Gasteiger partial charge on any atom is -0.340 e. The van der Waals surface area contributed by atoms with Gasteiger partial charge in [-0.25, -0.2) is 4.39 Å². The van der Waals surface area contributed by atoms with E-state index in [1.165, 1.54) is 12.1 Å². The predicted molar refractivity (Wildman–Crippen MR) is 97.8 cm³/mol. The monoisotopic (exact) mass is 360 g/mol. The molecule has 0 spiro atoms. The first kappa shape index (κ1) is 17.9. The Morgan fingerprint density at radius 2 is 1.60 bits per heavy atom. The number of carbonyl (C=O) groups is 1. The molecule has 0 saturated heterocycles. The highest BCUT2D eigenvalue weighted by Gasteiger charge is 2.30. The first-order valence-electron chi connectivity index (χ1n) is 8.48. The van der Waals surface area contributed by atoms with Crippen LogP contribution in [-0.4, -0.2) is 35.3 Å². The second-order valence-electron chi connectivity index (χ2n) is 6.64. The van der Waals surface area contributed by atoms with Gasteiger partial charge in [0.15, 0.2) is 0 Å². The van der Waals surface area contributed by atoms with Crippen molar-refractivity contribution in [3.63, 3.8) is 0 Å². The standard InChI is InChI=1S/C20H22ClFN2O/c1-23(12-15-4-8-18(22)9-5-15)20(25)14-24(19-10-11-19)13-16-2-6-17(21)7-3-16/h2-9,19H,10-14H2,1H3. The largest absolute Gasteiger partial charge is 0.340 e. The molecule has 3 nitrogen and oxygen atoms in total. The van der Waals surface area contributed by atoms with E-state index in [0.717, 1.165) is 35.5 Å². The molecular formula is C20H22ClFN2O. The first-order valence-corrected chi connectivity index (χ1v) is 8.86. The molecule has 1 aliphatic carbocycles. The Kier molecular flexibility index (Phi) is 5.71. The molecule has 0 unspecified atom stereocenters. The second-order valence-corrected chi connectivity index (χ2v) is 7.08. The fourth-order valence-corrected chi connectivity index (χ4v) is 2.95. The van der Waals surface area contributed by atoms with Gasteiger partial charge in [0.25, 0.3) is 0 Å². The van der Waals surface area contributed by atoms with Crippen molar-refractivity contribution >= 4 is 17.5 Å². The summed E-state index contributed by atoms with van der Waals surface area (Å²) in [6.07, 6.45) is 2.28. The Hall–Kier alpha value is -1.91. The van der Waals surface area contributed by atoms with Crippen LogP contribution in [0.4, 0.5) is 4.39 Å². The second kappa shape index (κ2) is 7.98. The third-order valence-corrected chi connectivity index (χ3v) is 4.71. The fourth-order valence-electron chi connectivity index (χ4n) is 2.82. The number of halogens is 2. The van der Waals surface area contributed by atoms with E-state index in [1.807, 2.05) is 24.3 Å². The number of hydrogen-bond donors (Lipinski definition) is 0. The number of hydrogen-bond acceptors (Lipinski definition) is 2. The van der Waals surface area contributed by atoms with E-state index in [9.17, 15) is 9.18 Å². The maximum atomic E-state index is 13.0. The zero-order valence-electron chi connectivity index (χ0n) is 14.3.